The third kappa shape index (κ3) is 11.3. The molecule has 0 amide bonds. The number of hydrogen-bond donors (Lipinski definition) is 0. The summed E-state index contributed by atoms with van der Waals surface area (Å²) in [7, 11) is 9.17. The maximum absolute atomic E-state index is 5.95. The highest BCUT2D eigenvalue weighted by Crippen LogP contribution is 2.23. The number of rotatable bonds is 15. The highest BCUT2D eigenvalue weighted by molar-refractivity contribution is 6.73. The predicted octanol–water partition coefficient (Wildman–Crippen LogP) is 3.21. The van der Waals surface area contributed by atoms with E-state index in [4.69, 9.17) is 4.43 Å². The second-order valence-corrected chi connectivity index (χ2v) is 12.0. The average molecular weight is 346 g/mol. The Morgan fingerprint density at radius 1 is 0.696 bits per heavy atom. The van der Waals surface area contributed by atoms with Gasteiger partial charge in [0, 0.05) is 7.11 Å². The zero-order valence-corrected chi connectivity index (χ0v) is 18.0. The van der Waals surface area contributed by atoms with E-state index in [0.29, 0.717) is 0 Å². The zero-order chi connectivity index (χ0) is 17.7. The van der Waals surface area contributed by atoms with Gasteiger partial charge in [0.2, 0.25) is 0 Å². The van der Waals surface area contributed by atoms with Gasteiger partial charge in [0.15, 0.2) is 8.32 Å². The summed E-state index contributed by atoms with van der Waals surface area (Å²) in [6.07, 6.45) is 3.83. The van der Waals surface area contributed by atoms with Crippen LogP contribution < -0.4 is 0 Å². The molecule has 0 rings (SSSR count). The molecule has 0 aliphatic heterocycles. The van der Waals surface area contributed by atoms with E-state index in [1.165, 1.54) is 70.1 Å². The second-order valence-electron chi connectivity index (χ2n) is 7.35. The predicted molar refractivity (Wildman–Crippen MR) is 106 cm³/mol. The summed E-state index contributed by atoms with van der Waals surface area (Å²) in [5, 5.41) is 0. The summed E-state index contributed by atoms with van der Waals surface area (Å²) >= 11 is 0. The van der Waals surface area contributed by atoms with E-state index in [1.54, 1.807) is 0 Å². The monoisotopic (exact) mass is 345 g/mol. The molecule has 0 N–H and O–H groups in total. The van der Waals surface area contributed by atoms with Crippen molar-refractivity contribution in [2.24, 2.45) is 0 Å². The fourth-order valence-corrected chi connectivity index (χ4v) is 5.97. The van der Waals surface area contributed by atoms with Crippen LogP contribution in [-0.4, -0.2) is 91.0 Å². The lowest BCUT2D eigenvalue weighted by molar-refractivity contribution is 0.239. The van der Waals surface area contributed by atoms with Crippen molar-refractivity contribution in [3.63, 3.8) is 0 Å². The van der Waals surface area contributed by atoms with Crippen molar-refractivity contribution in [1.82, 2.24) is 14.7 Å². The standard InChI is InChI=1S/C18H43N3OSi/c1-8-23(9-2,22-7)18-12-17-21(15-10-13-19(3)4)16-11-14-20(5)6/h8-18H2,1-7H3. The molecule has 0 radical (unpaired) electrons. The fraction of sp³-hybridized carbons (Fsp3) is 1.00. The highest BCUT2D eigenvalue weighted by atomic mass is 28.4. The maximum atomic E-state index is 5.95. The van der Waals surface area contributed by atoms with Gasteiger partial charge in [-0.3, -0.25) is 0 Å². The summed E-state index contributed by atoms with van der Waals surface area (Å²) in [6, 6.07) is 3.82. The van der Waals surface area contributed by atoms with E-state index in [1.807, 2.05) is 7.11 Å². The van der Waals surface area contributed by atoms with E-state index in [-0.39, 0.29) is 0 Å². The van der Waals surface area contributed by atoms with Gasteiger partial charge in [0.1, 0.15) is 0 Å². The van der Waals surface area contributed by atoms with Gasteiger partial charge < -0.3 is 19.1 Å². The Hall–Kier alpha value is 0.0569. The van der Waals surface area contributed by atoms with E-state index in [2.05, 4.69) is 56.7 Å². The molecule has 0 unspecified atom stereocenters. The summed E-state index contributed by atoms with van der Waals surface area (Å²) in [4.78, 5) is 7.25. The summed E-state index contributed by atoms with van der Waals surface area (Å²) in [5.74, 6) is 0. The fourth-order valence-electron chi connectivity index (χ4n) is 3.18. The average Bonchev–Trinajstić information content (AvgIpc) is 2.51. The highest BCUT2D eigenvalue weighted by Gasteiger charge is 2.28. The molecule has 0 aromatic rings. The van der Waals surface area contributed by atoms with E-state index < -0.39 is 8.32 Å². The Balaban J connectivity index is 4.26. The molecular weight excluding hydrogens is 302 g/mol. The first-order valence-electron chi connectivity index (χ1n) is 9.46. The molecule has 0 heterocycles. The molecule has 0 spiro atoms. The van der Waals surface area contributed by atoms with Crippen molar-refractivity contribution in [2.45, 2.75) is 51.2 Å². The van der Waals surface area contributed by atoms with Gasteiger partial charge >= 0.3 is 0 Å². The minimum atomic E-state index is -1.43. The van der Waals surface area contributed by atoms with E-state index in [0.717, 1.165) is 0 Å². The molecule has 0 aromatic heterocycles. The van der Waals surface area contributed by atoms with Crippen LogP contribution >= 0.6 is 0 Å². The van der Waals surface area contributed by atoms with Gasteiger partial charge in [-0.15, -0.1) is 0 Å². The van der Waals surface area contributed by atoms with Crippen LogP contribution in [0.2, 0.25) is 18.1 Å². The smallest absolute Gasteiger partial charge is 0.191 e. The lowest BCUT2D eigenvalue weighted by atomic mass is 10.3. The van der Waals surface area contributed by atoms with Gasteiger partial charge in [-0.1, -0.05) is 13.8 Å². The van der Waals surface area contributed by atoms with Crippen molar-refractivity contribution in [2.75, 3.05) is 68.0 Å². The molecule has 0 saturated carbocycles. The van der Waals surface area contributed by atoms with Crippen molar-refractivity contribution < 1.29 is 4.43 Å². The minimum absolute atomic E-state index is 1.19. The minimum Gasteiger partial charge on any atom is -0.420 e. The van der Waals surface area contributed by atoms with Crippen molar-refractivity contribution >= 4 is 8.32 Å². The van der Waals surface area contributed by atoms with Gasteiger partial charge in [-0.05, 0) is 98.3 Å². The molecule has 0 aromatic carbocycles. The van der Waals surface area contributed by atoms with Gasteiger partial charge in [-0.2, -0.15) is 0 Å². The molecule has 140 valence electrons. The lowest BCUT2D eigenvalue weighted by Gasteiger charge is -2.29. The third-order valence-corrected chi connectivity index (χ3v) is 9.70. The van der Waals surface area contributed by atoms with Crippen LogP contribution in [0.4, 0.5) is 0 Å². The third-order valence-electron chi connectivity index (χ3n) is 4.99. The van der Waals surface area contributed by atoms with Crippen LogP contribution in [0, 0.1) is 0 Å². The maximum Gasteiger partial charge on any atom is 0.191 e. The Morgan fingerprint density at radius 2 is 1.13 bits per heavy atom. The van der Waals surface area contributed by atoms with Crippen LogP contribution in [0.15, 0.2) is 0 Å². The molecule has 5 heteroatoms. The Labute approximate surface area is 147 Å². The van der Waals surface area contributed by atoms with Crippen LogP contribution in [0.25, 0.3) is 0 Å². The molecule has 23 heavy (non-hydrogen) atoms. The molecule has 0 aliphatic carbocycles. The SMILES string of the molecule is CC[Si](CC)(CCCN(CCCN(C)C)CCCN(C)C)OC. The van der Waals surface area contributed by atoms with E-state index >= 15 is 0 Å². The molecule has 0 saturated heterocycles. The first-order valence-corrected chi connectivity index (χ1v) is 12.0. The second kappa shape index (κ2) is 13.4. The van der Waals surface area contributed by atoms with Crippen LogP contribution in [-0.2, 0) is 4.43 Å². The number of hydrogen-bond acceptors (Lipinski definition) is 4. The van der Waals surface area contributed by atoms with Gasteiger partial charge in [-0.25, -0.2) is 0 Å². The summed E-state index contributed by atoms with van der Waals surface area (Å²) < 4.78 is 5.95. The van der Waals surface area contributed by atoms with Crippen LogP contribution in [0.3, 0.4) is 0 Å². The van der Waals surface area contributed by atoms with E-state index in [9.17, 15) is 0 Å². The molecule has 0 aliphatic rings. The zero-order valence-electron chi connectivity index (χ0n) is 17.0. The summed E-state index contributed by atoms with van der Waals surface area (Å²) in [6.45, 7) is 10.7. The summed E-state index contributed by atoms with van der Waals surface area (Å²) in [5.41, 5.74) is 0. The van der Waals surface area contributed by atoms with Crippen LogP contribution in [0.1, 0.15) is 33.1 Å². The van der Waals surface area contributed by atoms with Gasteiger partial charge in [0.25, 0.3) is 0 Å². The first-order chi connectivity index (χ1) is 10.9. The van der Waals surface area contributed by atoms with Crippen LogP contribution in [0.5, 0.6) is 0 Å². The topological polar surface area (TPSA) is 19.0 Å². The number of nitrogens with zero attached hydrogens (tertiary/aromatic N) is 3. The quantitative estimate of drug-likeness (QED) is 0.424. The lowest BCUT2D eigenvalue weighted by Crippen LogP contribution is -2.37. The van der Waals surface area contributed by atoms with Crippen molar-refractivity contribution in [3.05, 3.63) is 0 Å². The Morgan fingerprint density at radius 3 is 1.48 bits per heavy atom. The Bertz CT molecular complexity index is 249. The normalized spacial score (nSPS) is 12.8. The van der Waals surface area contributed by atoms with Gasteiger partial charge in [0.05, 0.1) is 0 Å². The first kappa shape index (κ1) is 23.1. The molecule has 4 nitrogen and oxygen atoms in total. The molecule has 0 bridgehead atoms. The molecule has 0 fully saturated rings. The molecular formula is C18H43N3OSi. The Kier molecular flexibility index (Phi) is 13.4. The van der Waals surface area contributed by atoms with Crippen molar-refractivity contribution in [3.8, 4) is 0 Å². The largest absolute Gasteiger partial charge is 0.420 e. The molecule has 0 atom stereocenters. The van der Waals surface area contributed by atoms with Crippen molar-refractivity contribution in [1.29, 1.82) is 0 Å².